The second kappa shape index (κ2) is 14.4. The maximum Gasteiger partial charge on any atom is 0.261 e. The Balaban J connectivity index is 1.64. The van der Waals surface area contributed by atoms with Crippen LogP contribution in [-0.2, 0) is 22.6 Å². The number of halogens is 3. The number of benzene rings is 3. The summed E-state index contributed by atoms with van der Waals surface area (Å²) >= 11 is 16.1. The van der Waals surface area contributed by atoms with E-state index in [1.165, 1.54) is 6.42 Å². The second-order valence-corrected chi connectivity index (χ2v) is 12.1. The van der Waals surface area contributed by atoms with Crippen molar-refractivity contribution >= 4 is 50.9 Å². The SMILES string of the molecule is Cc1cc(OCC(=O)N(Cc2ccc(Cl)c(Cl)c2)[C@@H](Cc2ccccc2)C(=O)NC2CCCCC2)cc(C)c1Br. The Morgan fingerprint density at radius 2 is 1.62 bits per heavy atom. The van der Waals surface area contributed by atoms with E-state index in [2.05, 4.69) is 21.2 Å². The van der Waals surface area contributed by atoms with Gasteiger partial charge < -0.3 is 15.0 Å². The molecule has 40 heavy (non-hydrogen) atoms. The summed E-state index contributed by atoms with van der Waals surface area (Å²) < 4.78 is 6.99. The number of hydrogen-bond acceptors (Lipinski definition) is 3. The van der Waals surface area contributed by atoms with Crippen molar-refractivity contribution in [2.24, 2.45) is 0 Å². The molecule has 3 aromatic carbocycles. The summed E-state index contributed by atoms with van der Waals surface area (Å²) in [6.45, 7) is 3.94. The summed E-state index contributed by atoms with van der Waals surface area (Å²) in [5, 5.41) is 4.08. The molecule has 0 bridgehead atoms. The Kier molecular flexibility index (Phi) is 10.9. The van der Waals surface area contributed by atoms with E-state index >= 15 is 0 Å². The zero-order chi connectivity index (χ0) is 28.6. The molecule has 1 aliphatic carbocycles. The van der Waals surface area contributed by atoms with Gasteiger partial charge in [0.25, 0.3) is 5.91 Å². The van der Waals surface area contributed by atoms with Gasteiger partial charge in [0.15, 0.2) is 6.61 Å². The van der Waals surface area contributed by atoms with Gasteiger partial charge in [-0.15, -0.1) is 0 Å². The number of ether oxygens (including phenoxy) is 1. The van der Waals surface area contributed by atoms with Gasteiger partial charge in [-0.05, 0) is 73.2 Å². The highest BCUT2D eigenvalue weighted by molar-refractivity contribution is 9.10. The lowest BCUT2D eigenvalue weighted by Crippen LogP contribution is -2.53. The maximum absolute atomic E-state index is 13.9. The zero-order valence-electron chi connectivity index (χ0n) is 22.9. The van der Waals surface area contributed by atoms with Crippen LogP contribution in [0.3, 0.4) is 0 Å². The molecule has 1 N–H and O–H groups in total. The number of carbonyl (C=O) groups excluding carboxylic acids is 2. The maximum atomic E-state index is 13.9. The number of rotatable bonds is 10. The van der Waals surface area contributed by atoms with Crippen molar-refractivity contribution in [1.82, 2.24) is 10.2 Å². The highest BCUT2D eigenvalue weighted by Gasteiger charge is 2.32. The molecule has 1 atom stereocenters. The van der Waals surface area contributed by atoms with Gasteiger partial charge in [0, 0.05) is 23.5 Å². The summed E-state index contributed by atoms with van der Waals surface area (Å²) in [6.07, 6.45) is 5.67. The minimum absolute atomic E-state index is 0.117. The Morgan fingerprint density at radius 1 is 0.950 bits per heavy atom. The zero-order valence-corrected chi connectivity index (χ0v) is 26.0. The van der Waals surface area contributed by atoms with Gasteiger partial charge >= 0.3 is 0 Å². The molecule has 1 fully saturated rings. The van der Waals surface area contributed by atoms with Gasteiger partial charge in [0.1, 0.15) is 11.8 Å². The summed E-state index contributed by atoms with van der Waals surface area (Å²) in [5.74, 6) is 0.163. The van der Waals surface area contributed by atoms with E-state index in [1.54, 1.807) is 17.0 Å². The molecule has 0 heterocycles. The topological polar surface area (TPSA) is 58.6 Å². The fraction of sp³-hybridized carbons (Fsp3) is 0.375. The second-order valence-electron chi connectivity index (χ2n) is 10.5. The fourth-order valence-corrected chi connectivity index (χ4v) is 5.70. The minimum Gasteiger partial charge on any atom is -0.484 e. The van der Waals surface area contributed by atoms with Gasteiger partial charge in [-0.3, -0.25) is 9.59 Å². The molecule has 5 nitrogen and oxygen atoms in total. The molecule has 1 saturated carbocycles. The van der Waals surface area contributed by atoms with Gasteiger partial charge in [-0.2, -0.15) is 0 Å². The van der Waals surface area contributed by atoms with Gasteiger partial charge in [0.2, 0.25) is 5.91 Å². The van der Waals surface area contributed by atoms with Crippen molar-refractivity contribution in [3.8, 4) is 5.75 Å². The smallest absolute Gasteiger partial charge is 0.261 e. The summed E-state index contributed by atoms with van der Waals surface area (Å²) in [6, 6.07) is 18.2. The standard InChI is InChI=1S/C32H35BrCl2N2O3/c1-21-15-26(16-22(2)31(21)33)40-20-30(38)37(19-24-13-14-27(34)28(35)17-24)29(18-23-9-5-3-6-10-23)32(39)36-25-11-7-4-8-12-25/h3,5-6,9-10,13-17,25,29H,4,7-8,11-12,18-20H2,1-2H3,(H,36,39)/t29-/m0/s1. The van der Waals surface area contributed by atoms with Gasteiger partial charge in [-0.25, -0.2) is 0 Å². The molecule has 0 radical (unpaired) electrons. The number of aryl methyl sites for hydroxylation is 2. The molecule has 8 heteroatoms. The number of carbonyl (C=O) groups is 2. The van der Waals surface area contributed by atoms with Gasteiger partial charge in [-0.1, -0.05) is 94.8 Å². The van der Waals surface area contributed by atoms with Gasteiger partial charge in [0.05, 0.1) is 10.0 Å². The first-order chi connectivity index (χ1) is 19.2. The molecular formula is C32H35BrCl2N2O3. The number of nitrogens with one attached hydrogen (secondary N) is 1. The van der Waals surface area contributed by atoms with E-state index in [4.69, 9.17) is 27.9 Å². The highest BCUT2D eigenvalue weighted by atomic mass is 79.9. The lowest BCUT2D eigenvalue weighted by atomic mass is 9.94. The largest absolute Gasteiger partial charge is 0.484 e. The van der Waals surface area contributed by atoms with E-state index in [-0.39, 0.29) is 31.0 Å². The van der Waals surface area contributed by atoms with Crippen LogP contribution in [0.2, 0.25) is 10.0 Å². The van der Waals surface area contributed by atoms with Crippen LogP contribution < -0.4 is 10.1 Å². The third kappa shape index (κ3) is 8.25. The quantitative estimate of drug-likeness (QED) is 0.244. The van der Waals surface area contributed by atoms with Crippen molar-refractivity contribution in [3.63, 3.8) is 0 Å². The molecular weight excluding hydrogens is 611 g/mol. The molecule has 0 saturated heterocycles. The predicted molar refractivity (Wildman–Crippen MR) is 165 cm³/mol. The Hall–Kier alpha value is -2.54. The van der Waals surface area contributed by atoms with Crippen LogP contribution in [-0.4, -0.2) is 35.4 Å². The molecule has 3 aromatic rings. The molecule has 1 aliphatic rings. The van der Waals surface area contributed by atoms with E-state index in [9.17, 15) is 9.59 Å². The van der Waals surface area contributed by atoms with Crippen LogP contribution in [0.1, 0.15) is 54.4 Å². The average Bonchev–Trinajstić information content (AvgIpc) is 2.95. The van der Waals surface area contributed by atoms with Crippen molar-refractivity contribution < 1.29 is 14.3 Å². The van der Waals surface area contributed by atoms with Crippen LogP contribution in [0.4, 0.5) is 0 Å². The number of nitrogens with zero attached hydrogens (tertiary/aromatic N) is 1. The Bertz CT molecular complexity index is 1310. The lowest BCUT2D eigenvalue weighted by Gasteiger charge is -2.33. The average molecular weight is 646 g/mol. The van der Waals surface area contributed by atoms with E-state index in [0.29, 0.717) is 22.2 Å². The van der Waals surface area contributed by atoms with E-state index in [1.807, 2.05) is 62.4 Å². The molecule has 0 spiro atoms. The Morgan fingerprint density at radius 3 is 2.27 bits per heavy atom. The first-order valence-electron chi connectivity index (χ1n) is 13.7. The van der Waals surface area contributed by atoms with Crippen LogP contribution >= 0.6 is 39.1 Å². The molecule has 212 valence electrons. The molecule has 0 unspecified atom stereocenters. The molecule has 0 aromatic heterocycles. The predicted octanol–water partition coefficient (Wildman–Crippen LogP) is 7.84. The third-order valence-electron chi connectivity index (χ3n) is 7.33. The summed E-state index contributed by atoms with van der Waals surface area (Å²) in [7, 11) is 0. The van der Waals surface area contributed by atoms with Crippen LogP contribution in [0.15, 0.2) is 65.1 Å². The van der Waals surface area contributed by atoms with Crippen molar-refractivity contribution in [2.75, 3.05) is 6.61 Å². The van der Waals surface area contributed by atoms with Crippen LogP contribution in [0.25, 0.3) is 0 Å². The van der Waals surface area contributed by atoms with Crippen molar-refractivity contribution in [1.29, 1.82) is 0 Å². The molecule has 0 aliphatic heterocycles. The monoisotopic (exact) mass is 644 g/mol. The first-order valence-corrected chi connectivity index (χ1v) is 15.2. The van der Waals surface area contributed by atoms with Crippen LogP contribution in [0.5, 0.6) is 5.75 Å². The number of hydrogen-bond donors (Lipinski definition) is 1. The normalized spacial score (nSPS) is 14.4. The van der Waals surface area contributed by atoms with Crippen molar-refractivity contribution in [3.05, 3.63) is 97.4 Å². The molecule has 4 rings (SSSR count). The van der Waals surface area contributed by atoms with Crippen LogP contribution in [0, 0.1) is 13.8 Å². The highest BCUT2D eigenvalue weighted by Crippen LogP contribution is 2.27. The first kappa shape index (κ1) is 30.4. The lowest BCUT2D eigenvalue weighted by molar-refractivity contribution is -0.143. The summed E-state index contributed by atoms with van der Waals surface area (Å²) in [4.78, 5) is 29.4. The minimum atomic E-state index is -0.733. The van der Waals surface area contributed by atoms with E-state index < -0.39 is 6.04 Å². The fourth-order valence-electron chi connectivity index (χ4n) is 5.15. The number of amides is 2. The van der Waals surface area contributed by atoms with E-state index in [0.717, 1.165) is 52.4 Å². The molecule has 2 amide bonds. The summed E-state index contributed by atoms with van der Waals surface area (Å²) in [5.41, 5.74) is 3.78. The Labute approximate surface area is 255 Å². The third-order valence-corrected chi connectivity index (χ3v) is 9.32. The van der Waals surface area contributed by atoms with Crippen molar-refractivity contribution in [2.45, 2.75) is 71.0 Å².